The number of nitrogens with two attached hydrogens (primary N) is 1. The number of carbonyl (C=O) groups excluding carboxylic acids is 6. The second kappa shape index (κ2) is 31.9. The highest BCUT2D eigenvalue weighted by atomic mass is 16.5. The molecule has 14 heteroatoms. The summed E-state index contributed by atoms with van der Waals surface area (Å²) in [6, 6.07) is 5.51. The van der Waals surface area contributed by atoms with Crippen molar-refractivity contribution < 1.29 is 43.0 Å². The number of carbonyl (C=O) groups is 6. The number of hydrogen-bond acceptors (Lipinski definition) is 9. The predicted octanol–water partition coefficient (Wildman–Crippen LogP) is 3.46. The largest absolute Gasteiger partial charge is 0.461 e. The van der Waals surface area contributed by atoms with Crippen molar-refractivity contribution >= 4 is 41.2 Å². The molecule has 0 saturated heterocycles. The maximum atomic E-state index is 12.6. The highest BCUT2D eigenvalue weighted by Crippen LogP contribution is 2.10. The Morgan fingerprint density at radius 3 is 1.79 bits per heavy atom. The van der Waals surface area contributed by atoms with Crippen LogP contribution in [0.15, 0.2) is 24.3 Å². The molecule has 0 fully saturated rings. The van der Waals surface area contributed by atoms with Crippen LogP contribution in [-0.4, -0.2) is 81.1 Å². The molecule has 0 bridgehead atoms. The number of rotatable bonds is 19. The molecule has 6 N–H and O–H groups in total. The van der Waals surface area contributed by atoms with Gasteiger partial charge in [0.1, 0.15) is 18.4 Å². The first-order valence-electron chi connectivity index (χ1n) is 16.1. The van der Waals surface area contributed by atoms with Crippen LogP contribution in [0.4, 0.5) is 10.5 Å². The Balaban J connectivity index is -0.00000153. The van der Waals surface area contributed by atoms with Crippen molar-refractivity contribution in [3.63, 3.8) is 0 Å². The summed E-state index contributed by atoms with van der Waals surface area (Å²) in [6.07, 6.45) is 1.36. The third-order valence-corrected chi connectivity index (χ3v) is 5.36. The Kier molecular flexibility index (Phi) is 32.2. The van der Waals surface area contributed by atoms with Crippen LogP contribution in [0.2, 0.25) is 0 Å². The molecule has 0 spiro atoms. The molecule has 0 aliphatic rings. The van der Waals surface area contributed by atoms with E-state index >= 15 is 0 Å². The summed E-state index contributed by atoms with van der Waals surface area (Å²) >= 11 is 0. The monoisotopic (exact) mass is 669 g/mol. The Hall–Kier alpha value is -4.04. The number of Topliss-reactive ketones (excluding diaryl/α,β-unsaturated/α-hetero) is 1. The Morgan fingerprint density at radius 1 is 0.787 bits per heavy atom. The van der Waals surface area contributed by atoms with E-state index in [4.69, 9.17) is 19.9 Å². The average Bonchev–Trinajstić information content (AvgIpc) is 3.04. The molecular weight excluding hydrogens is 610 g/mol. The van der Waals surface area contributed by atoms with Gasteiger partial charge in [-0.3, -0.25) is 24.0 Å². The molecule has 1 aromatic rings. The molecule has 5 amide bonds. The first-order chi connectivity index (χ1) is 22.3. The zero-order valence-electron chi connectivity index (χ0n) is 29.8. The van der Waals surface area contributed by atoms with Gasteiger partial charge in [0.25, 0.3) is 0 Å². The molecule has 0 aromatic heterocycles. The topological polar surface area (TPSA) is 204 Å². The number of esters is 1. The number of benzene rings is 1. The van der Waals surface area contributed by atoms with Gasteiger partial charge in [-0.2, -0.15) is 0 Å². The summed E-state index contributed by atoms with van der Waals surface area (Å²) in [5.41, 5.74) is 6.03. The summed E-state index contributed by atoms with van der Waals surface area (Å²) in [5.74, 6) is -1.76. The van der Waals surface area contributed by atoms with Gasteiger partial charge in [-0.25, -0.2) is 4.79 Å². The number of amides is 5. The molecule has 0 aliphatic carbocycles. The van der Waals surface area contributed by atoms with E-state index in [1.54, 1.807) is 38.1 Å². The number of hydrogen-bond donors (Lipinski definition) is 5. The van der Waals surface area contributed by atoms with Gasteiger partial charge in [-0.05, 0) is 37.0 Å². The zero-order chi connectivity index (χ0) is 36.6. The van der Waals surface area contributed by atoms with Crippen LogP contribution in [0.1, 0.15) is 87.1 Å². The third-order valence-electron chi connectivity index (χ3n) is 5.36. The Bertz CT molecular complexity index is 1020. The minimum atomic E-state index is -0.805. The van der Waals surface area contributed by atoms with E-state index in [9.17, 15) is 28.8 Å². The van der Waals surface area contributed by atoms with E-state index < -0.39 is 23.9 Å². The van der Waals surface area contributed by atoms with Crippen LogP contribution >= 0.6 is 0 Å². The van der Waals surface area contributed by atoms with E-state index in [1.165, 1.54) is 13.8 Å². The maximum Gasteiger partial charge on any atom is 0.312 e. The minimum Gasteiger partial charge on any atom is -0.461 e. The Labute approximate surface area is 280 Å². The molecule has 1 aromatic carbocycles. The van der Waals surface area contributed by atoms with Gasteiger partial charge in [-0.15, -0.1) is 0 Å². The van der Waals surface area contributed by atoms with Gasteiger partial charge in [0, 0.05) is 32.0 Å². The number of nitrogens with one attached hydrogen (secondary N) is 4. The standard InChI is InChI=1S/C25H37N3O8.C4H10N2O.2C2H6/c1-17(2)24(28-22(31)10-12-35-14-13-34-11-9-18(3)29)25(33)26-15-23(32)27-21-7-5-20(6-8-21)16-36-19(4)30;1-2-3-6-4(5)7;2*1-2/h5-8,17,24H,9-16H2,1-4H3,(H,26,33)(H,27,32)(H,28,31);2-3H2,1H3,(H3,5,6,7);2*1-2H3. The highest BCUT2D eigenvalue weighted by Gasteiger charge is 2.24. The zero-order valence-corrected chi connectivity index (χ0v) is 29.8. The fourth-order valence-electron chi connectivity index (χ4n) is 3.08. The lowest BCUT2D eigenvalue weighted by molar-refractivity contribution is -0.142. The van der Waals surface area contributed by atoms with Gasteiger partial charge >= 0.3 is 12.0 Å². The van der Waals surface area contributed by atoms with Crippen LogP contribution in [0.5, 0.6) is 0 Å². The number of ketones is 1. The van der Waals surface area contributed by atoms with E-state index in [0.29, 0.717) is 38.5 Å². The van der Waals surface area contributed by atoms with Gasteiger partial charge < -0.3 is 41.2 Å². The van der Waals surface area contributed by atoms with Crippen molar-refractivity contribution in [1.29, 1.82) is 0 Å². The van der Waals surface area contributed by atoms with Crippen molar-refractivity contribution in [2.75, 3.05) is 44.8 Å². The number of ether oxygens (including phenoxy) is 3. The molecule has 270 valence electrons. The van der Waals surface area contributed by atoms with E-state index in [-0.39, 0.29) is 49.8 Å². The summed E-state index contributed by atoms with van der Waals surface area (Å²) in [6.45, 7) is 18.0. The SMILES string of the molecule is CC.CC.CC(=O)CCOCCOCCC(=O)NC(C(=O)NCC(=O)Nc1ccc(COC(C)=O)cc1)C(C)C.CCCNC(N)=O. The molecule has 47 heavy (non-hydrogen) atoms. The smallest absolute Gasteiger partial charge is 0.312 e. The number of primary amides is 1. The summed E-state index contributed by atoms with van der Waals surface area (Å²) in [5, 5.41) is 10.3. The normalized spacial score (nSPS) is 10.3. The lowest BCUT2D eigenvalue weighted by atomic mass is 10.0. The molecule has 0 radical (unpaired) electrons. The predicted molar refractivity (Wildman–Crippen MR) is 182 cm³/mol. The molecular formula is C33H59N5O9. The van der Waals surface area contributed by atoms with Crippen LogP contribution in [0, 0.1) is 5.92 Å². The van der Waals surface area contributed by atoms with Gasteiger partial charge in [0.15, 0.2) is 0 Å². The summed E-state index contributed by atoms with van der Waals surface area (Å²) in [7, 11) is 0. The first-order valence-corrected chi connectivity index (χ1v) is 16.1. The summed E-state index contributed by atoms with van der Waals surface area (Å²) in [4.78, 5) is 68.5. The molecule has 0 heterocycles. The average molecular weight is 670 g/mol. The van der Waals surface area contributed by atoms with Crippen LogP contribution in [0.25, 0.3) is 0 Å². The number of urea groups is 1. The van der Waals surface area contributed by atoms with Crippen LogP contribution in [0.3, 0.4) is 0 Å². The van der Waals surface area contributed by atoms with Gasteiger partial charge in [0.2, 0.25) is 17.7 Å². The van der Waals surface area contributed by atoms with Crippen molar-refractivity contribution in [1.82, 2.24) is 16.0 Å². The van der Waals surface area contributed by atoms with E-state index in [0.717, 1.165) is 12.0 Å². The fraction of sp³-hybridized carbons (Fsp3) is 0.636. The lowest BCUT2D eigenvalue weighted by Gasteiger charge is -2.21. The summed E-state index contributed by atoms with van der Waals surface area (Å²) < 4.78 is 15.5. The molecule has 14 nitrogen and oxygen atoms in total. The van der Waals surface area contributed by atoms with E-state index in [1.807, 2.05) is 34.6 Å². The maximum absolute atomic E-state index is 12.6. The van der Waals surface area contributed by atoms with E-state index in [2.05, 4.69) is 21.3 Å². The molecule has 0 aliphatic heterocycles. The second-order valence-electron chi connectivity index (χ2n) is 9.75. The van der Waals surface area contributed by atoms with Crippen molar-refractivity contribution in [2.45, 2.75) is 94.2 Å². The lowest BCUT2D eigenvalue weighted by Crippen LogP contribution is -2.51. The van der Waals surface area contributed by atoms with Gasteiger partial charge in [0.05, 0.1) is 33.0 Å². The second-order valence-corrected chi connectivity index (χ2v) is 9.75. The van der Waals surface area contributed by atoms with Gasteiger partial charge in [-0.1, -0.05) is 60.6 Å². The Morgan fingerprint density at radius 2 is 1.34 bits per heavy atom. The van der Waals surface area contributed by atoms with Crippen LogP contribution < -0.4 is 27.0 Å². The molecule has 0 saturated carbocycles. The van der Waals surface area contributed by atoms with Crippen molar-refractivity contribution in [2.24, 2.45) is 11.7 Å². The van der Waals surface area contributed by atoms with Crippen molar-refractivity contribution in [3.8, 4) is 0 Å². The quantitative estimate of drug-likeness (QED) is 0.108. The number of anilines is 1. The minimum absolute atomic E-state index is 0.0563. The highest BCUT2D eigenvalue weighted by molar-refractivity contribution is 5.96. The first kappa shape index (κ1) is 47.4. The fourth-order valence-corrected chi connectivity index (χ4v) is 3.08. The van der Waals surface area contributed by atoms with Crippen molar-refractivity contribution in [3.05, 3.63) is 29.8 Å². The molecule has 1 atom stereocenters. The molecule has 1 rings (SSSR count). The van der Waals surface area contributed by atoms with Crippen LogP contribution in [-0.2, 0) is 44.8 Å². The molecule has 1 unspecified atom stereocenters. The third kappa shape index (κ3) is 30.4.